The molecular weight excluding hydrogens is 918 g/mol. The number of carbonyl (C=O) groups excluding carboxylic acids is 2. The lowest BCUT2D eigenvalue weighted by atomic mass is 10.0. The molecule has 0 fully saturated rings. The molecule has 0 rings (SSSR count). The van der Waals surface area contributed by atoms with E-state index in [1.807, 2.05) is 33.3 Å². The number of carbonyl (C=O) groups is 2. The molecule has 0 aromatic rings. The van der Waals surface area contributed by atoms with Crippen molar-refractivity contribution in [1.29, 1.82) is 0 Å². The van der Waals surface area contributed by atoms with Crippen LogP contribution in [0.2, 0.25) is 0 Å². The van der Waals surface area contributed by atoms with Gasteiger partial charge in [0.1, 0.15) is 19.8 Å². The van der Waals surface area contributed by atoms with Crippen molar-refractivity contribution in [2.24, 2.45) is 0 Å². The Kier molecular flexibility index (Phi) is 51.8. The minimum atomic E-state index is -4.65. The van der Waals surface area contributed by atoms with Crippen LogP contribution in [0.3, 0.4) is 0 Å². The minimum Gasteiger partial charge on any atom is -0.756 e. The monoisotopic (exact) mass is 1030 g/mol. The van der Waals surface area contributed by atoms with Crippen LogP contribution >= 0.6 is 7.82 Å². The zero-order valence-electron chi connectivity index (χ0n) is 47.6. The molecule has 0 saturated heterocycles. The minimum absolute atomic E-state index is 0.0441. The molecule has 420 valence electrons. The largest absolute Gasteiger partial charge is 0.756 e. The quantitative estimate of drug-likeness (QED) is 0.0195. The fraction of sp³-hybridized carbons (Fsp3) is 0.806. The van der Waals surface area contributed by atoms with E-state index in [-0.39, 0.29) is 26.1 Å². The van der Waals surface area contributed by atoms with E-state index < -0.39 is 32.5 Å². The van der Waals surface area contributed by atoms with Gasteiger partial charge in [0, 0.05) is 12.8 Å². The zero-order chi connectivity index (χ0) is 52.7. The smallest absolute Gasteiger partial charge is 0.306 e. The van der Waals surface area contributed by atoms with E-state index >= 15 is 0 Å². The van der Waals surface area contributed by atoms with Crippen molar-refractivity contribution >= 4 is 19.8 Å². The first-order chi connectivity index (χ1) is 35.0. The Hall–Kier alpha value is -2.29. The molecule has 2 atom stereocenters. The highest BCUT2D eigenvalue weighted by molar-refractivity contribution is 7.45. The third kappa shape index (κ3) is 57.0. The Morgan fingerprint density at radius 1 is 0.444 bits per heavy atom. The van der Waals surface area contributed by atoms with Gasteiger partial charge in [-0.3, -0.25) is 14.2 Å². The predicted octanol–water partition coefficient (Wildman–Crippen LogP) is 18.1. The highest BCUT2D eigenvalue weighted by Crippen LogP contribution is 2.38. The molecule has 0 N–H and O–H groups in total. The van der Waals surface area contributed by atoms with E-state index in [4.69, 9.17) is 18.5 Å². The maximum atomic E-state index is 12.7. The molecule has 0 bridgehead atoms. The van der Waals surface area contributed by atoms with Gasteiger partial charge in [-0.2, -0.15) is 0 Å². The summed E-state index contributed by atoms with van der Waals surface area (Å²) >= 11 is 0. The third-order valence-corrected chi connectivity index (χ3v) is 14.0. The zero-order valence-corrected chi connectivity index (χ0v) is 48.5. The number of allylic oxidation sites excluding steroid dienone is 10. The van der Waals surface area contributed by atoms with Gasteiger partial charge in [-0.15, -0.1) is 0 Å². The summed E-state index contributed by atoms with van der Waals surface area (Å²) < 4.78 is 34.0. The van der Waals surface area contributed by atoms with Crippen LogP contribution in [0.5, 0.6) is 0 Å². The molecule has 9 nitrogen and oxygen atoms in total. The molecule has 0 aliphatic rings. The SMILES string of the molecule is CC/C=C\C/C=C\C/C=C\C/C=C\CCC(=O)OC(COC(=O)CCCCCCCCCCCCCCCCCCCCCCCCC/C=C\CCCCCCCCCC)COP(=O)([O-])OCC[N+](C)(C)C. The molecule has 0 aliphatic heterocycles. The van der Waals surface area contributed by atoms with Crippen molar-refractivity contribution in [3.8, 4) is 0 Å². The van der Waals surface area contributed by atoms with Gasteiger partial charge in [0.15, 0.2) is 6.10 Å². The van der Waals surface area contributed by atoms with Crippen molar-refractivity contribution in [3.05, 3.63) is 60.8 Å². The summed E-state index contributed by atoms with van der Waals surface area (Å²) in [5.41, 5.74) is 0. The maximum Gasteiger partial charge on any atom is 0.306 e. The van der Waals surface area contributed by atoms with Gasteiger partial charge in [-0.05, 0) is 64.2 Å². The lowest BCUT2D eigenvalue weighted by Gasteiger charge is -2.28. The van der Waals surface area contributed by atoms with Crippen molar-refractivity contribution in [2.75, 3.05) is 47.5 Å². The van der Waals surface area contributed by atoms with Crippen molar-refractivity contribution < 1.29 is 42.1 Å². The predicted molar refractivity (Wildman–Crippen MR) is 305 cm³/mol. The average Bonchev–Trinajstić information content (AvgIpc) is 3.34. The van der Waals surface area contributed by atoms with Crippen LogP contribution in [0.15, 0.2) is 60.8 Å². The second-order valence-corrected chi connectivity index (χ2v) is 22.7. The van der Waals surface area contributed by atoms with Crippen molar-refractivity contribution in [2.45, 2.75) is 277 Å². The summed E-state index contributed by atoms with van der Waals surface area (Å²) in [6, 6.07) is 0. The number of unbranched alkanes of at least 4 members (excludes halogenated alkanes) is 31. The fourth-order valence-electron chi connectivity index (χ4n) is 8.43. The van der Waals surface area contributed by atoms with Crippen LogP contribution in [0, 0.1) is 0 Å². The number of phosphoric ester groups is 1. The Bertz CT molecular complexity index is 1400. The van der Waals surface area contributed by atoms with Gasteiger partial charge in [0.2, 0.25) is 0 Å². The second kappa shape index (κ2) is 53.5. The van der Waals surface area contributed by atoms with E-state index in [2.05, 4.69) is 62.5 Å². The third-order valence-electron chi connectivity index (χ3n) is 13.0. The van der Waals surface area contributed by atoms with E-state index in [1.165, 1.54) is 193 Å². The summed E-state index contributed by atoms with van der Waals surface area (Å²) in [4.78, 5) is 37.7. The maximum absolute atomic E-state index is 12.7. The molecule has 0 amide bonds. The highest BCUT2D eigenvalue weighted by Gasteiger charge is 2.21. The van der Waals surface area contributed by atoms with Gasteiger partial charge < -0.3 is 27.9 Å². The van der Waals surface area contributed by atoms with Crippen LogP contribution in [0.1, 0.15) is 271 Å². The first kappa shape index (κ1) is 69.7. The number of esters is 2. The van der Waals surface area contributed by atoms with Crippen molar-refractivity contribution in [1.82, 2.24) is 0 Å². The van der Waals surface area contributed by atoms with Gasteiger partial charge in [0.25, 0.3) is 7.82 Å². The first-order valence-corrected chi connectivity index (χ1v) is 31.5. The summed E-state index contributed by atoms with van der Waals surface area (Å²) in [5.74, 6) is -0.922. The van der Waals surface area contributed by atoms with Gasteiger partial charge in [0.05, 0.1) is 27.7 Å². The molecule has 0 aromatic heterocycles. The highest BCUT2D eigenvalue weighted by atomic mass is 31.2. The van der Waals surface area contributed by atoms with E-state index in [0.717, 1.165) is 44.9 Å². The number of phosphoric acid groups is 1. The van der Waals surface area contributed by atoms with E-state index in [0.29, 0.717) is 17.4 Å². The number of ether oxygens (including phenoxy) is 2. The summed E-state index contributed by atoms with van der Waals surface area (Å²) in [6.07, 6.45) is 69.1. The Morgan fingerprint density at radius 3 is 1.24 bits per heavy atom. The number of hydrogen-bond donors (Lipinski definition) is 0. The molecule has 0 saturated carbocycles. The Balaban J connectivity index is 3.94. The summed E-state index contributed by atoms with van der Waals surface area (Å²) in [5, 5.41) is 0. The van der Waals surface area contributed by atoms with Crippen LogP contribution in [-0.4, -0.2) is 70.0 Å². The van der Waals surface area contributed by atoms with Crippen LogP contribution in [0.25, 0.3) is 0 Å². The van der Waals surface area contributed by atoms with E-state index in [1.54, 1.807) is 0 Å². The average molecular weight is 1030 g/mol. The number of quaternary nitrogens is 1. The van der Waals surface area contributed by atoms with Crippen LogP contribution in [-0.2, 0) is 32.7 Å². The number of rotatable bonds is 55. The molecule has 0 spiro atoms. The number of nitrogens with zero attached hydrogens (tertiary/aromatic N) is 1. The van der Waals surface area contributed by atoms with Gasteiger partial charge in [-0.1, -0.05) is 254 Å². The Labute approximate surface area is 445 Å². The molecular formula is C62H114NO8P. The lowest BCUT2D eigenvalue weighted by Crippen LogP contribution is -2.37. The molecule has 0 heterocycles. The topological polar surface area (TPSA) is 111 Å². The van der Waals surface area contributed by atoms with Gasteiger partial charge >= 0.3 is 11.9 Å². The second-order valence-electron chi connectivity index (χ2n) is 21.3. The number of hydrogen-bond acceptors (Lipinski definition) is 8. The first-order valence-electron chi connectivity index (χ1n) is 30.0. The molecule has 10 heteroatoms. The Morgan fingerprint density at radius 2 is 0.819 bits per heavy atom. The molecule has 2 unspecified atom stereocenters. The fourth-order valence-corrected chi connectivity index (χ4v) is 9.16. The summed E-state index contributed by atoms with van der Waals surface area (Å²) in [7, 11) is 1.13. The lowest BCUT2D eigenvalue weighted by molar-refractivity contribution is -0.870. The van der Waals surface area contributed by atoms with Crippen LogP contribution < -0.4 is 4.89 Å². The molecule has 0 radical (unpaired) electrons. The molecule has 0 aliphatic carbocycles. The summed E-state index contributed by atoms with van der Waals surface area (Å²) in [6.45, 7) is 4.05. The van der Waals surface area contributed by atoms with Gasteiger partial charge in [-0.25, -0.2) is 0 Å². The van der Waals surface area contributed by atoms with Crippen LogP contribution in [0.4, 0.5) is 0 Å². The molecule has 0 aromatic carbocycles. The molecule has 72 heavy (non-hydrogen) atoms. The standard InChI is InChI=1S/C62H114NO8P/c1-6-8-10-12-14-16-18-20-21-22-23-24-25-26-27-28-29-30-31-32-33-34-35-36-37-38-39-40-41-43-44-46-48-50-52-54-61(64)68-58-60(59-70-72(66,67)69-57-56-63(3,4)5)71-62(65)55-53-51-49-47-45-42-19-17-15-13-11-9-7-2/h9,11,15,17,22-23,42,45,49,51,60H,6-8,10,12-14,16,18-21,24-41,43-44,46-48,50,52-59H2,1-5H3/b11-9-,17-15-,23-22-,45-42-,51-49-. The van der Waals surface area contributed by atoms with Crippen molar-refractivity contribution in [3.63, 3.8) is 0 Å². The number of likely N-dealkylation sites (N-methyl/N-ethyl adjacent to an activating group) is 1. The van der Waals surface area contributed by atoms with E-state index in [9.17, 15) is 19.0 Å². The normalized spacial score (nSPS) is 13.7.